The molecular formula is C14H23N3O. The molecule has 0 spiro atoms. The molecule has 0 aromatic heterocycles. The molecule has 2 fully saturated rings. The highest BCUT2D eigenvalue weighted by atomic mass is 16.1. The van der Waals surface area contributed by atoms with Gasteiger partial charge >= 0.3 is 0 Å². The van der Waals surface area contributed by atoms with Crippen LogP contribution in [-0.2, 0) is 4.79 Å². The Morgan fingerprint density at radius 3 is 2.44 bits per heavy atom. The van der Waals surface area contributed by atoms with Crippen molar-refractivity contribution in [2.45, 2.75) is 51.0 Å². The number of piperidine rings is 1. The number of carbonyl (C=O) groups is 1. The summed E-state index contributed by atoms with van der Waals surface area (Å²) in [6, 6.07) is 2.59. The molecule has 1 saturated carbocycles. The van der Waals surface area contributed by atoms with Gasteiger partial charge in [0.15, 0.2) is 0 Å². The van der Waals surface area contributed by atoms with E-state index < -0.39 is 0 Å². The minimum absolute atomic E-state index is 0.168. The van der Waals surface area contributed by atoms with Crippen LogP contribution < -0.4 is 5.32 Å². The molecule has 0 bridgehead atoms. The molecule has 4 nitrogen and oxygen atoms in total. The number of nitrogens with one attached hydrogen (secondary N) is 1. The maximum absolute atomic E-state index is 12.1. The fourth-order valence-corrected chi connectivity index (χ4v) is 3.02. The molecule has 18 heavy (non-hydrogen) atoms. The van der Waals surface area contributed by atoms with E-state index in [4.69, 9.17) is 5.26 Å². The Morgan fingerprint density at radius 2 is 1.83 bits per heavy atom. The van der Waals surface area contributed by atoms with Gasteiger partial charge in [-0.05, 0) is 38.8 Å². The van der Waals surface area contributed by atoms with Crippen molar-refractivity contribution in [3.63, 3.8) is 0 Å². The van der Waals surface area contributed by atoms with Crippen molar-refractivity contribution in [3.05, 3.63) is 0 Å². The standard InChI is InChI=1S/C14H23N3O/c15-8-11-17-9-6-12(7-10-17)14(18)16-13-4-2-1-3-5-13/h12-13H,1-7,9-11H2,(H,16,18). The molecule has 100 valence electrons. The molecule has 0 radical (unpaired) electrons. The Labute approximate surface area is 109 Å². The van der Waals surface area contributed by atoms with E-state index in [0.717, 1.165) is 38.8 Å². The monoisotopic (exact) mass is 249 g/mol. The Balaban J connectivity index is 1.72. The fourth-order valence-electron chi connectivity index (χ4n) is 3.02. The van der Waals surface area contributed by atoms with Crippen molar-refractivity contribution in [2.75, 3.05) is 19.6 Å². The molecule has 0 atom stereocenters. The quantitative estimate of drug-likeness (QED) is 0.774. The lowest BCUT2D eigenvalue weighted by Crippen LogP contribution is -2.44. The van der Waals surface area contributed by atoms with Gasteiger partial charge in [-0.25, -0.2) is 0 Å². The summed E-state index contributed by atoms with van der Waals surface area (Å²) < 4.78 is 0. The zero-order chi connectivity index (χ0) is 12.8. The van der Waals surface area contributed by atoms with Crippen LogP contribution in [0, 0.1) is 17.2 Å². The van der Waals surface area contributed by atoms with E-state index in [-0.39, 0.29) is 11.8 Å². The first-order valence-electron chi connectivity index (χ1n) is 7.19. The van der Waals surface area contributed by atoms with Gasteiger partial charge in [0.2, 0.25) is 5.91 Å². The van der Waals surface area contributed by atoms with Gasteiger partial charge in [-0.15, -0.1) is 0 Å². The molecule has 1 amide bonds. The Morgan fingerprint density at radius 1 is 1.17 bits per heavy atom. The number of rotatable bonds is 3. The molecular weight excluding hydrogens is 226 g/mol. The third-order valence-corrected chi connectivity index (χ3v) is 4.20. The summed E-state index contributed by atoms with van der Waals surface area (Å²) >= 11 is 0. The normalized spacial score (nSPS) is 23.5. The molecule has 1 aliphatic heterocycles. The van der Waals surface area contributed by atoms with E-state index in [9.17, 15) is 4.79 Å². The number of likely N-dealkylation sites (tertiary alicyclic amines) is 1. The Hall–Kier alpha value is -1.08. The van der Waals surface area contributed by atoms with Crippen LogP contribution in [0.4, 0.5) is 0 Å². The van der Waals surface area contributed by atoms with Crippen molar-refractivity contribution in [2.24, 2.45) is 5.92 Å². The number of hydrogen-bond donors (Lipinski definition) is 1. The smallest absolute Gasteiger partial charge is 0.223 e. The maximum Gasteiger partial charge on any atom is 0.223 e. The van der Waals surface area contributed by atoms with E-state index in [0.29, 0.717) is 12.6 Å². The number of nitriles is 1. The third-order valence-electron chi connectivity index (χ3n) is 4.20. The van der Waals surface area contributed by atoms with Gasteiger partial charge in [-0.2, -0.15) is 5.26 Å². The van der Waals surface area contributed by atoms with Crippen LogP contribution in [0.2, 0.25) is 0 Å². The topological polar surface area (TPSA) is 56.1 Å². The summed E-state index contributed by atoms with van der Waals surface area (Å²) in [5, 5.41) is 11.9. The van der Waals surface area contributed by atoms with Crippen molar-refractivity contribution in [3.8, 4) is 6.07 Å². The van der Waals surface area contributed by atoms with Gasteiger partial charge in [0.05, 0.1) is 12.6 Å². The van der Waals surface area contributed by atoms with Crippen LogP contribution in [-0.4, -0.2) is 36.5 Å². The number of carbonyl (C=O) groups excluding carboxylic acids is 1. The molecule has 1 aliphatic carbocycles. The highest BCUT2D eigenvalue weighted by molar-refractivity contribution is 5.79. The van der Waals surface area contributed by atoms with Gasteiger partial charge in [0, 0.05) is 12.0 Å². The molecule has 1 heterocycles. The van der Waals surface area contributed by atoms with Gasteiger partial charge in [-0.3, -0.25) is 9.69 Å². The fraction of sp³-hybridized carbons (Fsp3) is 0.857. The number of nitrogens with zero attached hydrogens (tertiary/aromatic N) is 2. The summed E-state index contributed by atoms with van der Waals surface area (Å²) in [7, 11) is 0. The lowest BCUT2D eigenvalue weighted by molar-refractivity contribution is -0.127. The first-order valence-corrected chi connectivity index (χ1v) is 7.19. The van der Waals surface area contributed by atoms with Crippen LogP contribution in [0.5, 0.6) is 0 Å². The predicted molar refractivity (Wildman–Crippen MR) is 69.8 cm³/mol. The summed E-state index contributed by atoms with van der Waals surface area (Å²) in [6.45, 7) is 2.27. The zero-order valence-electron chi connectivity index (χ0n) is 11.0. The van der Waals surface area contributed by atoms with E-state index in [2.05, 4.69) is 16.3 Å². The molecule has 0 unspecified atom stereocenters. The lowest BCUT2D eigenvalue weighted by atomic mass is 9.92. The third kappa shape index (κ3) is 3.71. The molecule has 0 aromatic rings. The maximum atomic E-state index is 12.1. The van der Waals surface area contributed by atoms with Gasteiger partial charge in [-0.1, -0.05) is 19.3 Å². The predicted octanol–water partition coefficient (Wildman–Crippen LogP) is 1.67. The second-order valence-electron chi connectivity index (χ2n) is 5.55. The van der Waals surface area contributed by atoms with Crippen molar-refractivity contribution in [1.82, 2.24) is 10.2 Å². The van der Waals surface area contributed by atoms with Crippen molar-refractivity contribution >= 4 is 5.91 Å². The zero-order valence-corrected chi connectivity index (χ0v) is 11.0. The van der Waals surface area contributed by atoms with Crippen LogP contribution in [0.3, 0.4) is 0 Å². The van der Waals surface area contributed by atoms with Gasteiger partial charge in [0.1, 0.15) is 0 Å². The van der Waals surface area contributed by atoms with Gasteiger partial charge < -0.3 is 5.32 Å². The van der Waals surface area contributed by atoms with Crippen LogP contribution >= 0.6 is 0 Å². The van der Waals surface area contributed by atoms with Crippen molar-refractivity contribution < 1.29 is 4.79 Å². The van der Waals surface area contributed by atoms with E-state index >= 15 is 0 Å². The molecule has 0 aromatic carbocycles. The molecule has 2 aliphatic rings. The second kappa shape index (κ2) is 6.75. The SMILES string of the molecule is N#CCN1CCC(C(=O)NC2CCCCC2)CC1. The Kier molecular flexibility index (Phi) is 5.00. The second-order valence-corrected chi connectivity index (χ2v) is 5.55. The van der Waals surface area contributed by atoms with Crippen molar-refractivity contribution in [1.29, 1.82) is 5.26 Å². The minimum atomic E-state index is 0.168. The summed E-state index contributed by atoms with van der Waals surface area (Å²) in [5.74, 6) is 0.417. The minimum Gasteiger partial charge on any atom is -0.353 e. The first kappa shape index (κ1) is 13.4. The average molecular weight is 249 g/mol. The van der Waals surface area contributed by atoms with Crippen LogP contribution in [0.15, 0.2) is 0 Å². The van der Waals surface area contributed by atoms with E-state index in [1.54, 1.807) is 0 Å². The highest BCUT2D eigenvalue weighted by Crippen LogP contribution is 2.20. The summed E-state index contributed by atoms with van der Waals surface area (Å²) in [4.78, 5) is 14.3. The van der Waals surface area contributed by atoms with Crippen LogP contribution in [0.25, 0.3) is 0 Å². The first-order chi connectivity index (χ1) is 8.79. The molecule has 1 N–H and O–H groups in total. The molecule has 2 rings (SSSR count). The highest BCUT2D eigenvalue weighted by Gasteiger charge is 2.26. The average Bonchev–Trinajstić information content (AvgIpc) is 2.41. The van der Waals surface area contributed by atoms with E-state index in [1.807, 2.05) is 0 Å². The number of amides is 1. The molecule has 1 saturated heterocycles. The van der Waals surface area contributed by atoms with E-state index in [1.165, 1.54) is 19.3 Å². The number of hydrogen-bond acceptors (Lipinski definition) is 3. The lowest BCUT2D eigenvalue weighted by Gasteiger charge is -2.31. The van der Waals surface area contributed by atoms with Gasteiger partial charge in [0.25, 0.3) is 0 Å². The molecule has 4 heteroatoms. The summed E-state index contributed by atoms with van der Waals surface area (Å²) in [5.41, 5.74) is 0. The Bertz CT molecular complexity index is 309. The van der Waals surface area contributed by atoms with Crippen LogP contribution in [0.1, 0.15) is 44.9 Å². The largest absolute Gasteiger partial charge is 0.353 e. The summed E-state index contributed by atoms with van der Waals surface area (Å²) in [6.07, 6.45) is 7.94.